The molecule has 0 spiro atoms. The fourth-order valence-corrected chi connectivity index (χ4v) is 8.10. The molecular formula is C33H35N10O3P. The van der Waals surface area contributed by atoms with Crippen LogP contribution in [0, 0.1) is 0 Å². The van der Waals surface area contributed by atoms with Gasteiger partial charge in [0.1, 0.15) is 29.9 Å². The van der Waals surface area contributed by atoms with Gasteiger partial charge < -0.3 is 34.6 Å². The third kappa shape index (κ3) is 5.45. The number of aromatic amines is 1. The van der Waals surface area contributed by atoms with Crippen molar-refractivity contribution in [3.05, 3.63) is 61.3 Å². The lowest BCUT2D eigenvalue weighted by atomic mass is 10.0. The molecule has 4 aromatic heterocycles. The Morgan fingerprint density at radius 1 is 1.02 bits per heavy atom. The Morgan fingerprint density at radius 2 is 1.83 bits per heavy atom. The van der Waals surface area contributed by atoms with E-state index in [9.17, 15) is 4.57 Å². The summed E-state index contributed by atoms with van der Waals surface area (Å²) in [5.74, 6) is 1.56. The SMILES string of the molecule is COc1cc(N2CC3CCC(C2)O3)c(-c2cnn(C)c2)cc1Nc1nc(Nc2ccc3nccnc3c2P(C)(C)=O)c2cc[nH]c2n1. The summed E-state index contributed by atoms with van der Waals surface area (Å²) in [7, 11) is 0.797. The van der Waals surface area contributed by atoms with Gasteiger partial charge in [0.15, 0.2) is 0 Å². The normalized spacial score (nSPS) is 17.8. The molecule has 2 aromatic carbocycles. The predicted molar refractivity (Wildman–Crippen MR) is 184 cm³/mol. The molecule has 8 rings (SSSR count). The molecule has 0 radical (unpaired) electrons. The number of H-pyrrole nitrogens is 1. The maximum Gasteiger partial charge on any atom is 0.231 e. The molecule has 2 atom stereocenters. The van der Waals surface area contributed by atoms with Crippen molar-refractivity contribution in [2.24, 2.45) is 7.05 Å². The quantitative estimate of drug-likeness (QED) is 0.182. The van der Waals surface area contributed by atoms with E-state index in [2.05, 4.69) is 47.7 Å². The number of methoxy groups -OCH3 is 1. The van der Waals surface area contributed by atoms with Gasteiger partial charge in [-0.15, -0.1) is 0 Å². The highest BCUT2D eigenvalue weighted by Gasteiger charge is 2.35. The Hall–Kier alpha value is -5.00. The topological polar surface area (TPSA) is 148 Å². The van der Waals surface area contributed by atoms with Gasteiger partial charge in [0.2, 0.25) is 5.95 Å². The number of benzene rings is 2. The van der Waals surface area contributed by atoms with Crippen molar-refractivity contribution >= 4 is 63.3 Å². The lowest BCUT2D eigenvalue weighted by Crippen LogP contribution is -2.42. The summed E-state index contributed by atoms with van der Waals surface area (Å²) in [6, 6.07) is 9.79. The molecule has 2 aliphatic rings. The van der Waals surface area contributed by atoms with Crippen LogP contribution in [0.15, 0.2) is 61.3 Å². The summed E-state index contributed by atoms with van der Waals surface area (Å²) in [4.78, 5) is 24.3. The van der Waals surface area contributed by atoms with Gasteiger partial charge in [0, 0.05) is 67.8 Å². The summed E-state index contributed by atoms with van der Waals surface area (Å²) in [6.07, 6.45) is 11.6. The zero-order valence-electron chi connectivity index (χ0n) is 26.6. The summed E-state index contributed by atoms with van der Waals surface area (Å²) in [6.45, 7) is 5.12. The van der Waals surface area contributed by atoms with Crippen LogP contribution in [-0.2, 0) is 16.3 Å². The van der Waals surface area contributed by atoms with Gasteiger partial charge in [-0.05, 0) is 50.4 Å². The lowest BCUT2D eigenvalue weighted by molar-refractivity contribution is 0.0305. The summed E-state index contributed by atoms with van der Waals surface area (Å²) >= 11 is 0. The number of morpholine rings is 1. The molecule has 2 bridgehead atoms. The highest BCUT2D eigenvalue weighted by molar-refractivity contribution is 7.71. The summed E-state index contributed by atoms with van der Waals surface area (Å²) in [5.41, 5.74) is 6.35. The third-order valence-corrected chi connectivity index (χ3v) is 10.3. The van der Waals surface area contributed by atoms with Crippen molar-refractivity contribution in [3.8, 4) is 16.9 Å². The van der Waals surface area contributed by atoms with Gasteiger partial charge in [0.25, 0.3) is 0 Å². The van der Waals surface area contributed by atoms with Crippen molar-refractivity contribution in [2.75, 3.05) is 49.1 Å². The van der Waals surface area contributed by atoms with Crippen molar-refractivity contribution in [3.63, 3.8) is 0 Å². The first-order valence-corrected chi connectivity index (χ1v) is 18.1. The first-order chi connectivity index (χ1) is 22.7. The number of hydrogen-bond acceptors (Lipinski definition) is 11. The second-order valence-electron chi connectivity index (χ2n) is 12.5. The number of anilines is 5. The van der Waals surface area contributed by atoms with E-state index in [-0.39, 0.29) is 12.2 Å². The molecule has 47 heavy (non-hydrogen) atoms. The minimum atomic E-state index is -2.78. The fourth-order valence-electron chi connectivity index (χ4n) is 6.71. The van der Waals surface area contributed by atoms with Crippen LogP contribution >= 0.6 is 7.14 Å². The molecule has 13 nitrogen and oxygen atoms in total. The highest BCUT2D eigenvalue weighted by Crippen LogP contribution is 2.43. The number of aryl methyl sites for hydroxylation is 1. The van der Waals surface area contributed by atoms with Crippen LogP contribution in [-0.4, -0.2) is 80.4 Å². The molecule has 2 aliphatic heterocycles. The van der Waals surface area contributed by atoms with E-state index >= 15 is 0 Å². The zero-order chi connectivity index (χ0) is 32.3. The Balaban J connectivity index is 1.21. The standard InChI is InChI=1S/C33H35N10O3P/c1-42-16-19(15-37-42)23-13-26(28(45-2)14-27(23)43-17-20-5-6-21(18-43)46-20)39-33-40-31-22(9-10-36-31)32(41-33)38-25-8-7-24-29(35-12-11-34-24)30(25)47(3,4)44/h7-16,20-21H,5-6,17-18H2,1-4H3,(H3,36,38,39,40,41). The molecule has 2 unspecified atom stereocenters. The zero-order valence-corrected chi connectivity index (χ0v) is 27.5. The van der Waals surface area contributed by atoms with Gasteiger partial charge in [0.05, 0.1) is 53.1 Å². The van der Waals surface area contributed by atoms with E-state index < -0.39 is 7.14 Å². The Labute approximate surface area is 271 Å². The minimum absolute atomic E-state index is 0.232. The van der Waals surface area contributed by atoms with E-state index in [1.165, 1.54) is 0 Å². The van der Waals surface area contributed by atoms with Gasteiger partial charge in [-0.25, -0.2) is 0 Å². The number of nitrogens with zero attached hydrogens (tertiary/aromatic N) is 7. The van der Waals surface area contributed by atoms with Gasteiger partial charge in [-0.3, -0.25) is 14.6 Å². The second kappa shape index (κ2) is 11.4. The van der Waals surface area contributed by atoms with Crippen molar-refractivity contribution < 1.29 is 14.0 Å². The van der Waals surface area contributed by atoms with Crippen LogP contribution in [0.1, 0.15) is 12.8 Å². The molecular weight excluding hydrogens is 615 g/mol. The number of aromatic nitrogens is 7. The molecule has 2 fully saturated rings. The number of hydrogen-bond donors (Lipinski definition) is 3. The molecule has 0 saturated carbocycles. The number of fused-ring (bicyclic) bond motifs is 4. The number of nitrogens with one attached hydrogen (secondary N) is 3. The smallest absolute Gasteiger partial charge is 0.231 e. The summed E-state index contributed by atoms with van der Waals surface area (Å²) in [5, 5.41) is 12.7. The Kier molecular flexibility index (Phi) is 7.11. The van der Waals surface area contributed by atoms with E-state index in [1.54, 1.807) is 37.5 Å². The van der Waals surface area contributed by atoms with E-state index in [4.69, 9.17) is 19.4 Å². The van der Waals surface area contributed by atoms with Crippen LogP contribution in [0.2, 0.25) is 0 Å². The predicted octanol–water partition coefficient (Wildman–Crippen LogP) is 5.41. The van der Waals surface area contributed by atoms with E-state index in [1.807, 2.05) is 43.8 Å². The maximum atomic E-state index is 13.6. The van der Waals surface area contributed by atoms with Crippen LogP contribution < -0.4 is 25.6 Å². The monoisotopic (exact) mass is 650 g/mol. The van der Waals surface area contributed by atoms with E-state index in [0.29, 0.717) is 50.9 Å². The number of ether oxygens (including phenoxy) is 2. The second-order valence-corrected chi connectivity index (χ2v) is 15.6. The maximum absolute atomic E-state index is 13.6. The van der Waals surface area contributed by atoms with Crippen LogP contribution in [0.4, 0.5) is 28.8 Å². The highest BCUT2D eigenvalue weighted by atomic mass is 31.2. The Bertz CT molecular complexity index is 2180. The van der Waals surface area contributed by atoms with Gasteiger partial charge >= 0.3 is 0 Å². The van der Waals surface area contributed by atoms with Crippen LogP contribution in [0.5, 0.6) is 5.75 Å². The molecule has 0 aliphatic carbocycles. The molecule has 6 heterocycles. The summed E-state index contributed by atoms with van der Waals surface area (Å²) < 4.78 is 27.5. The molecule has 6 aromatic rings. The van der Waals surface area contributed by atoms with Crippen molar-refractivity contribution in [1.82, 2.24) is 34.7 Å². The van der Waals surface area contributed by atoms with Crippen LogP contribution in [0.25, 0.3) is 33.2 Å². The molecule has 14 heteroatoms. The minimum Gasteiger partial charge on any atom is -0.494 e. The Morgan fingerprint density at radius 3 is 2.57 bits per heavy atom. The van der Waals surface area contributed by atoms with Gasteiger partial charge in [-0.2, -0.15) is 15.1 Å². The lowest BCUT2D eigenvalue weighted by Gasteiger charge is -2.35. The molecule has 240 valence electrons. The van der Waals surface area contributed by atoms with Crippen LogP contribution in [0.3, 0.4) is 0 Å². The average Bonchev–Trinajstić information content (AvgIpc) is 3.79. The number of rotatable bonds is 8. The average molecular weight is 651 g/mol. The third-order valence-electron chi connectivity index (χ3n) is 8.79. The molecule has 2 saturated heterocycles. The van der Waals surface area contributed by atoms with E-state index in [0.717, 1.165) is 48.1 Å². The van der Waals surface area contributed by atoms with Gasteiger partial charge in [-0.1, -0.05) is 0 Å². The van der Waals surface area contributed by atoms with Crippen molar-refractivity contribution in [1.29, 1.82) is 0 Å². The first kappa shape index (κ1) is 29.4. The largest absolute Gasteiger partial charge is 0.494 e. The molecule has 3 N–H and O–H groups in total. The fraction of sp³-hybridized carbons (Fsp3) is 0.303. The van der Waals surface area contributed by atoms with Crippen molar-refractivity contribution in [2.45, 2.75) is 25.0 Å². The molecule has 0 amide bonds. The first-order valence-electron chi connectivity index (χ1n) is 15.5.